The van der Waals surface area contributed by atoms with Gasteiger partial charge in [0.15, 0.2) is 23.0 Å². The third-order valence-corrected chi connectivity index (χ3v) is 8.16. The number of methoxy groups -OCH3 is 5. The summed E-state index contributed by atoms with van der Waals surface area (Å²) in [4.78, 5) is 15.7. The molecule has 1 amide bonds. The highest BCUT2D eigenvalue weighted by Crippen LogP contribution is 2.47. The van der Waals surface area contributed by atoms with Crippen LogP contribution in [0.25, 0.3) is 0 Å². The second kappa shape index (κ2) is 12.3. The summed E-state index contributed by atoms with van der Waals surface area (Å²) in [6.07, 6.45) is 1.15. The molecule has 3 aromatic rings. The van der Waals surface area contributed by atoms with Crippen LogP contribution < -0.4 is 29.0 Å². The van der Waals surface area contributed by atoms with E-state index in [1.165, 1.54) is 0 Å². The molecule has 9 nitrogen and oxygen atoms in total. The lowest BCUT2D eigenvalue weighted by Crippen LogP contribution is -2.45. The third-order valence-electron chi connectivity index (χ3n) is 8.16. The highest BCUT2D eigenvalue weighted by atomic mass is 16.5. The number of nitrogens with zero attached hydrogens (tertiary/aromatic N) is 1. The highest BCUT2D eigenvalue weighted by Gasteiger charge is 2.36. The van der Waals surface area contributed by atoms with Crippen LogP contribution in [0.3, 0.4) is 0 Å². The molecule has 9 heteroatoms. The summed E-state index contributed by atoms with van der Waals surface area (Å²) in [6, 6.07) is 15.1. The van der Waals surface area contributed by atoms with Crippen molar-refractivity contribution in [2.45, 2.75) is 37.5 Å². The Labute approximate surface area is 240 Å². The van der Waals surface area contributed by atoms with E-state index >= 15 is 0 Å². The number of aliphatic hydroxyl groups is 1. The molecule has 1 aliphatic heterocycles. The Morgan fingerprint density at radius 2 is 1.61 bits per heavy atom. The molecule has 218 valence electrons. The van der Waals surface area contributed by atoms with E-state index in [0.717, 1.165) is 27.8 Å². The molecule has 1 aliphatic carbocycles. The zero-order chi connectivity index (χ0) is 29.1. The molecule has 0 saturated carbocycles. The van der Waals surface area contributed by atoms with Crippen LogP contribution in [0, 0.1) is 0 Å². The molecule has 41 heavy (non-hydrogen) atoms. The molecule has 3 atom stereocenters. The van der Waals surface area contributed by atoms with Crippen LogP contribution in [0.15, 0.2) is 48.5 Å². The lowest BCUT2D eigenvalue weighted by Gasteiger charge is -2.38. The summed E-state index contributed by atoms with van der Waals surface area (Å²) in [6.45, 7) is 0.799. The quantitative estimate of drug-likeness (QED) is 0.387. The van der Waals surface area contributed by atoms with E-state index in [9.17, 15) is 9.90 Å². The molecule has 3 unspecified atom stereocenters. The Balaban J connectivity index is 1.48. The molecule has 3 aromatic carbocycles. The van der Waals surface area contributed by atoms with Crippen molar-refractivity contribution in [1.29, 1.82) is 0 Å². The van der Waals surface area contributed by atoms with E-state index < -0.39 is 12.1 Å². The van der Waals surface area contributed by atoms with Crippen molar-refractivity contribution < 1.29 is 33.6 Å². The van der Waals surface area contributed by atoms with E-state index in [0.29, 0.717) is 54.6 Å². The fourth-order valence-corrected chi connectivity index (χ4v) is 6.21. The van der Waals surface area contributed by atoms with E-state index in [-0.39, 0.29) is 18.5 Å². The fraction of sp³-hybridized carbons (Fsp3) is 0.406. The van der Waals surface area contributed by atoms with Crippen LogP contribution in [-0.2, 0) is 24.1 Å². The Bertz CT molecular complexity index is 1410. The fourth-order valence-electron chi connectivity index (χ4n) is 6.21. The first-order chi connectivity index (χ1) is 19.9. The van der Waals surface area contributed by atoms with E-state index in [1.54, 1.807) is 35.5 Å². The van der Waals surface area contributed by atoms with Crippen LogP contribution >= 0.6 is 0 Å². The maximum Gasteiger partial charge on any atom is 0.234 e. The molecule has 5 rings (SSSR count). The van der Waals surface area contributed by atoms with Gasteiger partial charge in [-0.2, -0.15) is 0 Å². The van der Waals surface area contributed by atoms with Crippen molar-refractivity contribution in [1.82, 2.24) is 10.2 Å². The first-order valence-corrected chi connectivity index (χ1v) is 13.7. The Kier molecular flexibility index (Phi) is 8.56. The summed E-state index contributed by atoms with van der Waals surface area (Å²) >= 11 is 0. The maximum atomic E-state index is 13.5. The summed E-state index contributed by atoms with van der Waals surface area (Å²) in [5.74, 6) is 2.92. The Morgan fingerprint density at radius 3 is 2.32 bits per heavy atom. The van der Waals surface area contributed by atoms with Gasteiger partial charge >= 0.3 is 0 Å². The molecule has 0 radical (unpaired) electrons. The number of hydrogen-bond donors (Lipinski definition) is 2. The van der Waals surface area contributed by atoms with Crippen LogP contribution in [0.1, 0.15) is 39.9 Å². The summed E-state index contributed by atoms with van der Waals surface area (Å²) in [5, 5.41) is 13.8. The smallest absolute Gasteiger partial charge is 0.234 e. The number of hydrogen-bond acceptors (Lipinski definition) is 8. The van der Waals surface area contributed by atoms with Gasteiger partial charge in [-0.05, 0) is 53.3 Å². The van der Waals surface area contributed by atoms with Gasteiger partial charge in [0.1, 0.15) is 0 Å². The van der Waals surface area contributed by atoms with Crippen molar-refractivity contribution in [3.63, 3.8) is 0 Å². The Hall–Kier alpha value is -3.95. The molecule has 0 bridgehead atoms. The molecule has 0 fully saturated rings. The first kappa shape index (κ1) is 28.6. The number of amides is 1. The van der Waals surface area contributed by atoms with Crippen molar-refractivity contribution in [3.8, 4) is 28.7 Å². The SMILES string of the molecule is COc1ccc(CC2c3cc(OC)c(OC)c(OC)c3CCN2CC(=O)NC2c3ccccc3CC2O)cc1OC. The van der Waals surface area contributed by atoms with E-state index in [4.69, 9.17) is 23.7 Å². The number of ether oxygens (including phenoxy) is 5. The lowest BCUT2D eigenvalue weighted by molar-refractivity contribution is -0.124. The minimum absolute atomic E-state index is 0.140. The van der Waals surface area contributed by atoms with Gasteiger partial charge in [0.2, 0.25) is 11.7 Å². The standard InChI is InChI=1S/C32H38N2O7/c1-37-26-11-10-19(15-27(26)38-2)14-24-23-17-28(39-3)32(41-5)31(40-4)22(23)12-13-34(24)18-29(36)33-30-21-9-7-6-8-20(21)16-25(30)35/h6-11,15,17,24-25,30,35H,12-14,16,18H2,1-5H3,(H,33,36). The van der Waals surface area contributed by atoms with Crippen LogP contribution in [0.4, 0.5) is 0 Å². The number of rotatable bonds is 10. The third kappa shape index (κ3) is 5.52. The van der Waals surface area contributed by atoms with E-state index in [2.05, 4.69) is 10.2 Å². The van der Waals surface area contributed by atoms with Crippen molar-refractivity contribution >= 4 is 5.91 Å². The predicted molar refractivity (Wildman–Crippen MR) is 154 cm³/mol. The predicted octanol–water partition coefficient (Wildman–Crippen LogP) is 3.65. The first-order valence-electron chi connectivity index (χ1n) is 13.7. The molecule has 0 spiro atoms. The number of nitrogens with one attached hydrogen (secondary N) is 1. The average Bonchev–Trinajstić information content (AvgIpc) is 3.31. The second-order valence-electron chi connectivity index (χ2n) is 10.4. The normalized spacial score (nSPS) is 19.6. The van der Waals surface area contributed by atoms with Crippen LogP contribution in [-0.4, -0.2) is 70.7 Å². The van der Waals surface area contributed by atoms with Crippen molar-refractivity contribution in [2.24, 2.45) is 0 Å². The molecule has 2 N–H and O–H groups in total. The number of benzene rings is 3. The van der Waals surface area contributed by atoms with E-state index in [1.807, 2.05) is 48.5 Å². The van der Waals surface area contributed by atoms with Crippen molar-refractivity contribution in [2.75, 3.05) is 48.6 Å². The summed E-state index contributed by atoms with van der Waals surface area (Å²) < 4.78 is 28.2. The van der Waals surface area contributed by atoms with Gasteiger partial charge in [0, 0.05) is 24.6 Å². The topological polar surface area (TPSA) is 98.7 Å². The van der Waals surface area contributed by atoms with Gasteiger partial charge in [0.25, 0.3) is 0 Å². The average molecular weight is 563 g/mol. The zero-order valence-electron chi connectivity index (χ0n) is 24.2. The Morgan fingerprint density at radius 1 is 0.878 bits per heavy atom. The van der Waals surface area contributed by atoms with Crippen molar-refractivity contribution in [3.05, 3.63) is 76.3 Å². The summed E-state index contributed by atoms with van der Waals surface area (Å²) in [7, 11) is 8.06. The van der Waals surface area contributed by atoms with Gasteiger partial charge in [0.05, 0.1) is 54.2 Å². The zero-order valence-corrected chi connectivity index (χ0v) is 24.2. The number of carbonyl (C=O) groups excluding carboxylic acids is 1. The highest BCUT2D eigenvalue weighted by molar-refractivity contribution is 5.79. The van der Waals surface area contributed by atoms with Gasteiger partial charge in [-0.25, -0.2) is 0 Å². The van der Waals surface area contributed by atoms with Gasteiger partial charge < -0.3 is 34.1 Å². The number of aliphatic hydroxyl groups excluding tert-OH is 1. The van der Waals surface area contributed by atoms with Gasteiger partial charge in [-0.3, -0.25) is 9.69 Å². The monoisotopic (exact) mass is 562 g/mol. The molecule has 0 aromatic heterocycles. The molecular weight excluding hydrogens is 524 g/mol. The molecule has 1 heterocycles. The number of carbonyl (C=O) groups is 1. The second-order valence-corrected chi connectivity index (χ2v) is 10.4. The van der Waals surface area contributed by atoms with Crippen LogP contribution in [0.2, 0.25) is 0 Å². The number of fused-ring (bicyclic) bond motifs is 2. The lowest BCUT2D eigenvalue weighted by atomic mass is 9.87. The largest absolute Gasteiger partial charge is 0.493 e. The molecular formula is C32H38N2O7. The molecule has 0 saturated heterocycles. The molecule has 2 aliphatic rings. The van der Waals surface area contributed by atoms with Gasteiger partial charge in [-0.15, -0.1) is 0 Å². The minimum Gasteiger partial charge on any atom is -0.493 e. The van der Waals surface area contributed by atoms with Gasteiger partial charge in [-0.1, -0.05) is 30.3 Å². The van der Waals surface area contributed by atoms with Crippen LogP contribution in [0.5, 0.6) is 28.7 Å². The summed E-state index contributed by atoms with van der Waals surface area (Å²) in [5.41, 5.74) is 5.12. The maximum absolute atomic E-state index is 13.5. The minimum atomic E-state index is -0.651.